The van der Waals surface area contributed by atoms with Crippen LogP contribution in [0.25, 0.3) is 5.78 Å². The maximum atomic E-state index is 12.7. The van der Waals surface area contributed by atoms with Gasteiger partial charge in [-0.25, -0.2) is 9.50 Å². The highest BCUT2D eigenvalue weighted by Gasteiger charge is 2.16. The fraction of sp³-hybridized carbons (Fsp3) is 0.217. The summed E-state index contributed by atoms with van der Waals surface area (Å²) in [4.78, 5) is 21.6. The highest BCUT2D eigenvalue weighted by Crippen LogP contribution is 2.26. The van der Waals surface area contributed by atoms with Crippen LogP contribution in [0, 0.1) is 13.8 Å². The quantitative estimate of drug-likeness (QED) is 0.376. The first-order chi connectivity index (χ1) is 15.4. The Bertz CT molecular complexity index is 1270. The monoisotopic (exact) mass is 466 g/mol. The van der Waals surface area contributed by atoms with E-state index in [4.69, 9.17) is 11.6 Å². The van der Waals surface area contributed by atoms with E-state index in [-0.39, 0.29) is 12.3 Å². The van der Waals surface area contributed by atoms with E-state index >= 15 is 0 Å². The molecule has 0 unspecified atom stereocenters. The van der Waals surface area contributed by atoms with Crippen molar-refractivity contribution in [2.24, 2.45) is 0 Å². The van der Waals surface area contributed by atoms with E-state index < -0.39 is 0 Å². The minimum absolute atomic E-state index is 0.149. The van der Waals surface area contributed by atoms with Crippen molar-refractivity contribution in [1.82, 2.24) is 19.6 Å². The van der Waals surface area contributed by atoms with E-state index in [9.17, 15) is 4.79 Å². The SMILES string of the molecule is CSc1nc2nc(C)c(CC(=O)Nc3ccc(NCc4ccccc4)c(Cl)c3)c(C)n2n1. The summed E-state index contributed by atoms with van der Waals surface area (Å²) >= 11 is 7.88. The Morgan fingerprint density at radius 3 is 2.62 bits per heavy atom. The van der Waals surface area contributed by atoms with Crippen LogP contribution in [0.4, 0.5) is 11.4 Å². The van der Waals surface area contributed by atoms with E-state index in [0.717, 1.165) is 28.2 Å². The molecule has 4 aromatic rings. The number of thioether (sulfide) groups is 1. The Balaban J connectivity index is 1.44. The number of amides is 1. The highest BCUT2D eigenvalue weighted by atomic mass is 35.5. The van der Waals surface area contributed by atoms with Crippen LogP contribution in [0.1, 0.15) is 22.5 Å². The number of hydrogen-bond donors (Lipinski definition) is 2. The average Bonchev–Trinajstić information content (AvgIpc) is 3.20. The lowest BCUT2D eigenvalue weighted by atomic mass is 10.1. The van der Waals surface area contributed by atoms with Gasteiger partial charge >= 0.3 is 0 Å². The number of aromatic nitrogens is 4. The first kappa shape index (κ1) is 22.1. The second-order valence-corrected chi connectivity index (χ2v) is 8.51. The van der Waals surface area contributed by atoms with E-state index in [1.165, 1.54) is 11.8 Å². The van der Waals surface area contributed by atoms with E-state index in [1.807, 2.05) is 62.6 Å². The molecule has 2 aromatic carbocycles. The molecule has 0 atom stereocenters. The molecule has 32 heavy (non-hydrogen) atoms. The molecule has 0 radical (unpaired) electrons. The Morgan fingerprint density at radius 1 is 1.12 bits per heavy atom. The van der Waals surface area contributed by atoms with Crippen molar-refractivity contribution in [1.29, 1.82) is 0 Å². The molecule has 0 aliphatic carbocycles. The van der Waals surface area contributed by atoms with Crippen LogP contribution in [0.5, 0.6) is 0 Å². The molecule has 2 N–H and O–H groups in total. The molecule has 164 valence electrons. The fourth-order valence-corrected chi connectivity index (χ4v) is 4.01. The smallest absolute Gasteiger partial charge is 0.253 e. The zero-order chi connectivity index (χ0) is 22.7. The minimum atomic E-state index is -0.149. The first-order valence-corrected chi connectivity index (χ1v) is 11.7. The van der Waals surface area contributed by atoms with Crippen molar-refractivity contribution in [3.63, 3.8) is 0 Å². The Kier molecular flexibility index (Phi) is 6.62. The number of aryl methyl sites for hydroxylation is 2. The van der Waals surface area contributed by atoms with Gasteiger partial charge in [-0.3, -0.25) is 4.79 Å². The molecule has 0 saturated carbocycles. The van der Waals surface area contributed by atoms with Gasteiger partial charge < -0.3 is 10.6 Å². The number of carbonyl (C=O) groups excluding carboxylic acids is 1. The molecule has 2 aromatic heterocycles. The fourth-order valence-electron chi connectivity index (χ4n) is 3.43. The third-order valence-corrected chi connectivity index (χ3v) is 5.98. The summed E-state index contributed by atoms with van der Waals surface area (Å²) < 4.78 is 1.69. The van der Waals surface area contributed by atoms with Crippen LogP contribution in [0.3, 0.4) is 0 Å². The second kappa shape index (κ2) is 9.58. The lowest BCUT2D eigenvalue weighted by Crippen LogP contribution is -2.18. The van der Waals surface area contributed by atoms with Crippen LogP contribution in [0.15, 0.2) is 53.7 Å². The number of nitrogens with zero attached hydrogens (tertiary/aromatic N) is 4. The van der Waals surface area contributed by atoms with Crippen LogP contribution >= 0.6 is 23.4 Å². The van der Waals surface area contributed by atoms with Crippen molar-refractivity contribution < 1.29 is 4.79 Å². The van der Waals surface area contributed by atoms with Crippen molar-refractivity contribution in [2.45, 2.75) is 32.0 Å². The summed E-state index contributed by atoms with van der Waals surface area (Å²) in [6.07, 6.45) is 2.10. The standard InChI is InChI=1S/C23H23ClN6OS/c1-14-18(15(2)30-22(26-14)28-23(29-30)32-3)12-21(31)27-17-9-10-20(19(24)11-17)25-13-16-7-5-4-6-8-16/h4-11,25H,12-13H2,1-3H3,(H,27,31). The van der Waals surface area contributed by atoms with E-state index in [2.05, 4.69) is 25.7 Å². The second-order valence-electron chi connectivity index (χ2n) is 7.33. The Hall–Kier alpha value is -3.10. The summed E-state index contributed by atoms with van der Waals surface area (Å²) in [7, 11) is 0. The van der Waals surface area contributed by atoms with Crippen molar-refractivity contribution in [3.05, 3.63) is 76.1 Å². The third-order valence-electron chi connectivity index (χ3n) is 5.13. The number of hydrogen-bond acceptors (Lipinski definition) is 6. The number of benzene rings is 2. The molecule has 1 amide bonds. The highest BCUT2D eigenvalue weighted by molar-refractivity contribution is 7.98. The predicted octanol–water partition coefficient (Wildman–Crippen LogP) is 4.91. The maximum absolute atomic E-state index is 12.7. The van der Waals surface area contributed by atoms with Gasteiger partial charge in [0.2, 0.25) is 11.1 Å². The zero-order valence-corrected chi connectivity index (χ0v) is 19.6. The third kappa shape index (κ3) is 4.87. The Labute approximate surface area is 195 Å². The summed E-state index contributed by atoms with van der Waals surface area (Å²) in [5.41, 5.74) is 5.07. The van der Waals surface area contributed by atoms with Gasteiger partial charge in [0.25, 0.3) is 5.78 Å². The van der Waals surface area contributed by atoms with Crippen molar-refractivity contribution >= 4 is 46.4 Å². The molecular weight excluding hydrogens is 444 g/mol. The summed E-state index contributed by atoms with van der Waals surface area (Å²) in [5.74, 6) is 0.391. The van der Waals surface area contributed by atoms with Gasteiger partial charge in [-0.05, 0) is 43.9 Å². The molecule has 7 nitrogen and oxygen atoms in total. The number of halogens is 1. The van der Waals surface area contributed by atoms with Gasteiger partial charge in [0.15, 0.2) is 0 Å². The molecule has 2 heterocycles. The number of anilines is 2. The van der Waals surface area contributed by atoms with E-state index in [0.29, 0.717) is 28.2 Å². The average molecular weight is 467 g/mol. The first-order valence-electron chi connectivity index (χ1n) is 10.1. The normalized spacial score (nSPS) is 11.0. The Morgan fingerprint density at radius 2 is 1.91 bits per heavy atom. The lowest BCUT2D eigenvalue weighted by molar-refractivity contribution is -0.115. The molecule has 4 rings (SSSR count). The molecule has 0 aliphatic heterocycles. The zero-order valence-electron chi connectivity index (χ0n) is 18.0. The molecule has 0 aliphatic rings. The molecule has 0 bridgehead atoms. The van der Waals surface area contributed by atoms with Crippen LogP contribution in [-0.2, 0) is 17.8 Å². The maximum Gasteiger partial charge on any atom is 0.253 e. The molecule has 9 heteroatoms. The van der Waals surface area contributed by atoms with E-state index in [1.54, 1.807) is 10.6 Å². The molecule has 0 spiro atoms. The van der Waals surface area contributed by atoms with Gasteiger partial charge in [-0.15, -0.1) is 5.10 Å². The van der Waals surface area contributed by atoms with Crippen LogP contribution < -0.4 is 10.6 Å². The van der Waals surface area contributed by atoms with Gasteiger partial charge in [-0.1, -0.05) is 53.7 Å². The van der Waals surface area contributed by atoms with Crippen molar-refractivity contribution in [3.8, 4) is 0 Å². The summed E-state index contributed by atoms with van der Waals surface area (Å²) in [6, 6.07) is 15.5. The summed E-state index contributed by atoms with van der Waals surface area (Å²) in [5, 5.41) is 11.9. The minimum Gasteiger partial charge on any atom is -0.380 e. The molecule has 0 saturated heterocycles. The van der Waals surface area contributed by atoms with Crippen molar-refractivity contribution in [2.75, 3.05) is 16.9 Å². The molecule has 0 fully saturated rings. The largest absolute Gasteiger partial charge is 0.380 e. The van der Waals surface area contributed by atoms with Crippen LogP contribution in [-0.4, -0.2) is 31.7 Å². The van der Waals surface area contributed by atoms with Gasteiger partial charge in [0, 0.05) is 29.2 Å². The van der Waals surface area contributed by atoms with Crippen LogP contribution in [0.2, 0.25) is 5.02 Å². The lowest BCUT2D eigenvalue weighted by Gasteiger charge is -2.13. The number of nitrogens with one attached hydrogen (secondary N) is 2. The van der Waals surface area contributed by atoms with Gasteiger partial charge in [-0.2, -0.15) is 4.98 Å². The number of carbonyl (C=O) groups is 1. The molecular formula is C23H23ClN6OS. The number of fused-ring (bicyclic) bond motifs is 1. The predicted molar refractivity (Wildman–Crippen MR) is 130 cm³/mol. The number of rotatable bonds is 7. The topological polar surface area (TPSA) is 84.2 Å². The summed E-state index contributed by atoms with van der Waals surface area (Å²) in [6.45, 7) is 4.47. The van der Waals surface area contributed by atoms with Gasteiger partial charge in [0.1, 0.15) is 0 Å². The van der Waals surface area contributed by atoms with Gasteiger partial charge in [0.05, 0.1) is 17.1 Å².